The van der Waals surface area contributed by atoms with Crippen molar-refractivity contribution in [3.8, 4) is 0 Å². The van der Waals surface area contributed by atoms with Crippen molar-refractivity contribution >= 4 is 6.03 Å². The van der Waals surface area contributed by atoms with Crippen LogP contribution in [0.15, 0.2) is 0 Å². The largest absolute Gasteiger partial charge is 0.331 e. The Morgan fingerprint density at radius 2 is 1.79 bits per heavy atom. The highest BCUT2D eigenvalue weighted by Gasteiger charge is 2.43. The minimum atomic E-state index is 0.155. The Morgan fingerprint density at radius 1 is 1.16 bits per heavy atom. The molecule has 0 radical (unpaired) electrons. The maximum absolute atomic E-state index is 12.0. The Bertz CT molecular complexity index is 323. The van der Waals surface area contributed by atoms with Crippen molar-refractivity contribution in [3.63, 3.8) is 0 Å². The van der Waals surface area contributed by atoms with Crippen LogP contribution < -0.4 is 0 Å². The van der Waals surface area contributed by atoms with E-state index in [9.17, 15) is 4.79 Å². The molecule has 5 heteroatoms. The zero-order chi connectivity index (χ0) is 14.0. The molecule has 0 aromatic heterocycles. The molecule has 2 aliphatic rings. The summed E-state index contributed by atoms with van der Waals surface area (Å²) in [7, 11) is 5.88. The van der Waals surface area contributed by atoms with Crippen molar-refractivity contribution in [2.45, 2.75) is 25.3 Å². The van der Waals surface area contributed by atoms with Crippen LogP contribution in [-0.2, 0) is 0 Å². The number of amides is 2. The third kappa shape index (κ3) is 2.87. The average molecular weight is 268 g/mol. The lowest BCUT2D eigenvalue weighted by Gasteiger charge is -2.53. The Morgan fingerprint density at radius 3 is 2.32 bits per heavy atom. The molecule has 2 amide bonds. The molecule has 110 valence electrons. The molecule has 0 aliphatic carbocycles. The van der Waals surface area contributed by atoms with Gasteiger partial charge in [0.25, 0.3) is 0 Å². The van der Waals surface area contributed by atoms with E-state index in [2.05, 4.69) is 23.8 Å². The summed E-state index contributed by atoms with van der Waals surface area (Å²) in [6.45, 7) is 8.62. The number of piperidine rings is 1. The van der Waals surface area contributed by atoms with Gasteiger partial charge in [0.1, 0.15) is 0 Å². The molecule has 2 rings (SSSR count). The lowest BCUT2D eigenvalue weighted by Crippen LogP contribution is -2.65. The Kier molecular flexibility index (Phi) is 4.36. The SMILES string of the molecule is CCN1CCN(C)CC12CCN(C(=O)N(C)C)CC2. The molecule has 0 atom stereocenters. The number of hydrogen-bond acceptors (Lipinski definition) is 3. The molecular weight excluding hydrogens is 240 g/mol. The van der Waals surface area contributed by atoms with Crippen molar-refractivity contribution in [1.82, 2.24) is 19.6 Å². The van der Waals surface area contributed by atoms with Crippen molar-refractivity contribution in [1.29, 1.82) is 0 Å². The maximum atomic E-state index is 12.0. The number of carbonyl (C=O) groups is 1. The van der Waals surface area contributed by atoms with Crippen LogP contribution in [0.4, 0.5) is 4.79 Å². The number of piperazine rings is 1. The minimum Gasteiger partial charge on any atom is -0.331 e. The highest BCUT2D eigenvalue weighted by atomic mass is 16.2. The fourth-order valence-corrected chi connectivity index (χ4v) is 3.58. The fourth-order valence-electron chi connectivity index (χ4n) is 3.58. The highest BCUT2D eigenvalue weighted by Crippen LogP contribution is 2.32. The van der Waals surface area contributed by atoms with Gasteiger partial charge in [-0.1, -0.05) is 6.92 Å². The Labute approximate surface area is 117 Å². The second kappa shape index (κ2) is 5.67. The zero-order valence-electron chi connectivity index (χ0n) is 12.9. The third-order valence-electron chi connectivity index (χ3n) is 4.72. The van der Waals surface area contributed by atoms with Gasteiger partial charge in [0, 0.05) is 52.4 Å². The lowest BCUT2D eigenvalue weighted by molar-refractivity contribution is -0.0267. The van der Waals surface area contributed by atoms with Crippen molar-refractivity contribution in [2.24, 2.45) is 0 Å². The number of likely N-dealkylation sites (tertiary alicyclic amines) is 1. The highest BCUT2D eigenvalue weighted by molar-refractivity contribution is 5.73. The molecule has 5 nitrogen and oxygen atoms in total. The van der Waals surface area contributed by atoms with Gasteiger partial charge >= 0.3 is 6.03 Å². The van der Waals surface area contributed by atoms with E-state index in [4.69, 9.17) is 0 Å². The van der Waals surface area contributed by atoms with Crippen LogP contribution in [0.5, 0.6) is 0 Å². The van der Waals surface area contributed by atoms with Gasteiger partial charge in [-0.25, -0.2) is 4.79 Å². The minimum absolute atomic E-state index is 0.155. The molecule has 19 heavy (non-hydrogen) atoms. The summed E-state index contributed by atoms with van der Waals surface area (Å²) in [6.07, 6.45) is 2.20. The molecule has 2 saturated heterocycles. The number of rotatable bonds is 1. The fraction of sp³-hybridized carbons (Fsp3) is 0.929. The number of likely N-dealkylation sites (N-methyl/N-ethyl adjacent to an activating group) is 2. The third-order valence-corrected chi connectivity index (χ3v) is 4.72. The summed E-state index contributed by atoms with van der Waals surface area (Å²) >= 11 is 0. The van der Waals surface area contributed by atoms with Crippen LogP contribution >= 0.6 is 0 Å². The normalized spacial score (nSPS) is 24.7. The van der Waals surface area contributed by atoms with E-state index in [0.717, 1.165) is 52.1 Å². The summed E-state index contributed by atoms with van der Waals surface area (Å²) in [5, 5.41) is 0. The smallest absolute Gasteiger partial charge is 0.319 e. The quantitative estimate of drug-likeness (QED) is 0.704. The van der Waals surface area contributed by atoms with E-state index in [1.54, 1.807) is 4.90 Å². The van der Waals surface area contributed by atoms with E-state index < -0.39 is 0 Å². The van der Waals surface area contributed by atoms with Crippen LogP contribution in [0.25, 0.3) is 0 Å². The second-order valence-corrected chi connectivity index (χ2v) is 6.21. The average Bonchev–Trinajstić information content (AvgIpc) is 2.39. The first-order chi connectivity index (χ1) is 8.98. The molecule has 0 aromatic carbocycles. The summed E-state index contributed by atoms with van der Waals surface area (Å²) in [6, 6.07) is 0.155. The van der Waals surface area contributed by atoms with Crippen LogP contribution in [0.2, 0.25) is 0 Å². The first kappa shape index (κ1) is 14.6. The predicted molar refractivity (Wildman–Crippen MR) is 77.4 cm³/mol. The topological polar surface area (TPSA) is 30.0 Å². The Balaban J connectivity index is 2.01. The Hall–Kier alpha value is -0.810. The molecule has 0 aromatic rings. The molecule has 0 N–H and O–H groups in total. The first-order valence-corrected chi connectivity index (χ1v) is 7.38. The monoisotopic (exact) mass is 268 g/mol. The lowest BCUT2D eigenvalue weighted by atomic mass is 9.83. The standard InChI is InChI=1S/C14H28N4O/c1-5-18-11-10-16(4)12-14(18)6-8-17(9-7-14)13(19)15(2)3/h5-12H2,1-4H3. The maximum Gasteiger partial charge on any atom is 0.319 e. The molecule has 0 saturated carbocycles. The first-order valence-electron chi connectivity index (χ1n) is 7.38. The van der Waals surface area contributed by atoms with Gasteiger partial charge in [0.15, 0.2) is 0 Å². The summed E-state index contributed by atoms with van der Waals surface area (Å²) in [5.41, 5.74) is 0.296. The van der Waals surface area contributed by atoms with Crippen LogP contribution in [-0.4, -0.2) is 91.6 Å². The number of urea groups is 1. The second-order valence-electron chi connectivity index (χ2n) is 6.21. The van der Waals surface area contributed by atoms with Crippen molar-refractivity contribution in [2.75, 3.05) is 60.4 Å². The number of carbonyl (C=O) groups excluding carboxylic acids is 1. The number of nitrogens with zero attached hydrogens (tertiary/aromatic N) is 4. The van der Waals surface area contributed by atoms with E-state index >= 15 is 0 Å². The van der Waals surface area contributed by atoms with E-state index in [-0.39, 0.29) is 6.03 Å². The molecule has 1 spiro atoms. The molecule has 2 fully saturated rings. The van der Waals surface area contributed by atoms with Gasteiger partial charge in [-0.05, 0) is 26.4 Å². The summed E-state index contributed by atoms with van der Waals surface area (Å²) < 4.78 is 0. The van der Waals surface area contributed by atoms with E-state index in [1.807, 2.05) is 19.0 Å². The van der Waals surface area contributed by atoms with E-state index in [0.29, 0.717) is 5.54 Å². The predicted octanol–water partition coefficient (Wildman–Crippen LogP) is 0.770. The number of hydrogen-bond donors (Lipinski definition) is 0. The van der Waals surface area contributed by atoms with Crippen molar-refractivity contribution < 1.29 is 4.79 Å². The molecular formula is C14H28N4O. The van der Waals surface area contributed by atoms with Gasteiger partial charge in [0.05, 0.1) is 0 Å². The van der Waals surface area contributed by atoms with Gasteiger partial charge in [0.2, 0.25) is 0 Å². The van der Waals surface area contributed by atoms with Crippen molar-refractivity contribution in [3.05, 3.63) is 0 Å². The summed E-state index contributed by atoms with van der Waals surface area (Å²) in [4.78, 5) is 20.8. The molecule has 0 unspecified atom stereocenters. The van der Waals surface area contributed by atoms with Crippen LogP contribution in [0.3, 0.4) is 0 Å². The van der Waals surface area contributed by atoms with Gasteiger partial charge in [-0.15, -0.1) is 0 Å². The molecule has 2 aliphatic heterocycles. The summed E-state index contributed by atoms with van der Waals surface area (Å²) in [5.74, 6) is 0. The van der Waals surface area contributed by atoms with Crippen LogP contribution in [0.1, 0.15) is 19.8 Å². The van der Waals surface area contributed by atoms with Gasteiger partial charge in [-0.2, -0.15) is 0 Å². The van der Waals surface area contributed by atoms with E-state index in [1.165, 1.54) is 0 Å². The molecule has 2 heterocycles. The molecule has 0 bridgehead atoms. The van der Waals surface area contributed by atoms with Gasteiger partial charge in [-0.3, -0.25) is 4.90 Å². The van der Waals surface area contributed by atoms with Crippen LogP contribution in [0, 0.1) is 0 Å². The van der Waals surface area contributed by atoms with Gasteiger partial charge < -0.3 is 14.7 Å². The zero-order valence-corrected chi connectivity index (χ0v) is 12.9.